The Hall–Kier alpha value is -5.81. The Morgan fingerprint density at radius 1 is 0.902 bits per heavy atom. The Balaban J connectivity index is 1.57. The molecule has 0 bridgehead atoms. The van der Waals surface area contributed by atoms with Gasteiger partial charge in [0.25, 0.3) is 11.4 Å². The lowest BCUT2D eigenvalue weighted by Gasteiger charge is -2.37. The van der Waals surface area contributed by atoms with Crippen LogP contribution in [0, 0.1) is 20.2 Å². The molecule has 0 aromatic heterocycles. The molecule has 1 heterocycles. The molecule has 1 aliphatic rings. The minimum absolute atomic E-state index is 0.101. The van der Waals surface area contributed by atoms with E-state index < -0.39 is 52.6 Å². The zero-order chi connectivity index (χ0) is 29.9. The van der Waals surface area contributed by atoms with E-state index in [4.69, 9.17) is 14.6 Å². The molecule has 3 rings (SSSR count). The third kappa shape index (κ3) is 9.46. The number of rotatable bonds is 9. The van der Waals surface area contributed by atoms with Crippen LogP contribution in [0.5, 0.6) is 0 Å². The molecule has 216 valence electrons. The van der Waals surface area contributed by atoms with Gasteiger partial charge in [-0.05, 0) is 35.4 Å². The van der Waals surface area contributed by atoms with Gasteiger partial charge in [-0.25, -0.2) is 14.4 Å². The lowest BCUT2D eigenvalue weighted by Crippen LogP contribution is -2.61. The summed E-state index contributed by atoms with van der Waals surface area (Å²) in [6, 6.07) is 9.99. The number of carboxylic acid groups (broad SMARTS) is 1. The smallest absolute Gasteiger partial charge is 0.437 e. The van der Waals surface area contributed by atoms with Crippen LogP contribution in [-0.2, 0) is 27.5 Å². The van der Waals surface area contributed by atoms with E-state index in [0.29, 0.717) is 11.1 Å². The number of guanidine groups is 1. The van der Waals surface area contributed by atoms with Gasteiger partial charge in [0.2, 0.25) is 11.9 Å². The molecule has 0 spiro atoms. The van der Waals surface area contributed by atoms with E-state index in [1.54, 1.807) is 0 Å². The van der Waals surface area contributed by atoms with Crippen molar-refractivity contribution in [3.63, 3.8) is 0 Å². The number of benzene rings is 2. The molecule has 1 fully saturated rings. The summed E-state index contributed by atoms with van der Waals surface area (Å²) in [6.45, 7) is -0.862. The first-order valence-corrected chi connectivity index (χ1v) is 11.7. The van der Waals surface area contributed by atoms with E-state index in [-0.39, 0.29) is 37.7 Å². The van der Waals surface area contributed by atoms with E-state index in [9.17, 15) is 39.4 Å². The lowest BCUT2D eigenvalue weighted by atomic mass is 10.1. The molecule has 4 N–H and O–H groups in total. The molecule has 0 aliphatic carbocycles. The first kappa shape index (κ1) is 29.7. The third-order valence-corrected chi connectivity index (χ3v) is 5.38. The van der Waals surface area contributed by atoms with Gasteiger partial charge in [-0.1, -0.05) is 0 Å². The molecule has 2 aromatic rings. The number of aliphatic imine (C=N–C) groups is 1. The number of nitro groups is 2. The number of hydrogen-bond acceptors (Lipinski definition) is 10. The number of carbonyl (C=O) groups excluding carboxylic acids is 3. The number of amides is 4. The fourth-order valence-electron chi connectivity index (χ4n) is 3.26. The van der Waals surface area contributed by atoms with Gasteiger partial charge >= 0.3 is 18.3 Å². The van der Waals surface area contributed by atoms with Crippen LogP contribution in [0.3, 0.4) is 0 Å². The maximum Gasteiger partial charge on any atom is 0.437 e. The van der Waals surface area contributed by atoms with Gasteiger partial charge in [0.1, 0.15) is 13.2 Å². The average molecular weight is 573 g/mol. The van der Waals surface area contributed by atoms with Crippen molar-refractivity contribution in [2.75, 3.05) is 19.6 Å². The largest absolute Gasteiger partial charge is 0.465 e. The molecule has 1 saturated heterocycles. The Morgan fingerprint density at radius 2 is 1.41 bits per heavy atom. The van der Waals surface area contributed by atoms with E-state index >= 15 is 0 Å². The number of nitro benzene ring substituents is 2. The van der Waals surface area contributed by atoms with Crippen molar-refractivity contribution in [2.45, 2.75) is 19.3 Å². The van der Waals surface area contributed by atoms with Crippen molar-refractivity contribution >= 4 is 41.5 Å². The first-order chi connectivity index (χ1) is 19.5. The number of likely N-dealkylation sites (tertiary alicyclic amines) is 1. The number of hydrogen-bond donors (Lipinski definition) is 4. The predicted molar refractivity (Wildman–Crippen MR) is 137 cm³/mol. The summed E-state index contributed by atoms with van der Waals surface area (Å²) in [4.78, 5) is 72.6. The van der Waals surface area contributed by atoms with Gasteiger partial charge in [0.15, 0.2) is 0 Å². The SMILES string of the molecule is O=C(CN/C(=N\C(=O)OCc1ccc([N+](=O)[O-])cc1)NC(=O)OCc1ccc([N+](=O)[O-])cc1)NC1CN(C(=O)O)C1. The van der Waals surface area contributed by atoms with Crippen molar-refractivity contribution in [3.05, 3.63) is 79.9 Å². The first-order valence-electron chi connectivity index (χ1n) is 11.7. The quantitative estimate of drug-likeness (QED) is 0.144. The van der Waals surface area contributed by atoms with E-state index in [1.807, 2.05) is 0 Å². The van der Waals surface area contributed by atoms with Crippen LogP contribution in [0.1, 0.15) is 11.1 Å². The monoisotopic (exact) mass is 573 g/mol. The Labute approximate surface area is 230 Å². The average Bonchev–Trinajstić information content (AvgIpc) is 2.91. The number of nitrogens with zero attached hydrogens (tertiary/aromatic N) is 4. The van der Waals surface area contributed by atoms with Crippen molar-refractivity contribution in [3.8, 4) is 0 Å². The fourth-order valence-corrected chi connectivity index (χ4v) is 3.26. The minimum Gasteiger partial charge on any atom is -0.465 e. The molecule has 2 aromatic carbocycles. The molecule has 0 radical (unpaired) electrons. The summed E-state index contributed by atoms with van der Waals surface area (Å²) in [5, 5.41) is 37.5. The normalized spacial score (nSPS) is 12.9. The summed E-state index contributed by atoms with van der Waals surface area (Å²) in [6.07, 6.45) is -3.39. The lowest BCUT2D eigenvalue weighted by molar-refractivity contribution is -0.385. The number of non-ortho nitro benzene ring substituents is 2. The molecule has 18 nitrogen and oxygen atoms in total. The summed E-state index contributed by atoms with van der Waals surface area (Å²) >= 11 is 0. The van der Waals surface area contributed by atoms with Crippen molar-refractivity contribution in [1.29, 1.82) is 0 Å². The third-order valence-electron chi connectivity index (χ3n) is 5.38. The highest BCUT2D eigenvalue weighted by atomic mass is 16.6. The topological polar surface area (TPSA) is 245 Å². The standard InChI is InChI=1S/C23H23N7O11/c31-19(25-16-10-28(11-16)23(34)35)9-24-20(26-21(32)40-12-14-1-5-17(6-2-14)29(36)37)27-22(33)41-13-15-3-7-18(8-4-15)30(38)39/h1-8,16H,9-13H2,(H,25,31)(H,34,35)(H2,24,26,27,32,33). The van der Waals surface area contributed by atoms with Crippen molar-refractivity contribution < 1.29 is 43.6 Å². The second kappa shape index (κ2) is 13.8. The zero-order valence-electron chi connectivity index (χ0n) is 21.1. The van der Waals surface area contributed by atoms with Crippen molar-refractivity contribution in [1.82, 2.24) is 20.9 Å². The van der Waals surface area contributed by atoms with E-state index in [1.165, 1.54) is 48.5 Å². The van der Waals surface area contributed by atoms with Crippen LogP contribution in [0.4, 0.5) is 25.8 Å². The number of ether oxygens (including phenoxy) is 2. The Morgan fingerprint density at radius 3 is 1.90 bits per heavy atom. The van der Waals surface area contributed by atoms with Gasteiger partial charge in [0.05, 0.1) is 22.4 Å². The van der Waals surface area contributed by atoms with Crippen LogP contribution >= 0.6 is 0 Å². The molecule has 0 atom stereocenters. The fraction of sp³-hybridized carbons (Fsp3) is 0.261. The molecule has 0 unspecified atom stereocenters. The maximum absolute atomic E-state index is 12.3. The van der Waals surface area contributed by atoms with Crippen LogP contribution in [-0.4, -0.2) is 75.7 Å². The summed E-state index contributed by atoms with van der Waals surface area (Å²) in [5.74, 6) is -1.10. The highest BCUT2D eigenvalue weighted by Crippen LogP contribution is 2.14. The molecular formula is C23H23N7O11. The van der Waals surface area contributed by atoms with Gasteiger partial charge in [0, 0.05) is 37.4 Å². The van der Waals surface area contributed by atoms with Crippen LogP contribution in [0.25, 0.3) is 0 Å². The Kier molecular flexibility index (Phi) is 10.0. The van der Waals surface area contributed by atoms with Gasteiger partial charge in [-0.3, -0.25) is 30.3 Å². The molecule has 41 heavy (non-hydrogen) atoms. The van der Waals surface area contributed by atoms with E-state index in [2.05, 4.69) is 20.9 Å². The molecular weight excluding hydrogens is 550 g/mol. The summed E-state index contributed by atoms with van der Waals surface area (Å²) in [5.41, 5.74) is 0.533. The van der Waals surface area contributed by atoms with Crippen LogP contribution < -0.4 is 16.0 Å². The van der Waals surface area contributed by atoms with Crippen LogP contribution in [0.2, 0.25) is 0 Å². The molecule has 18 heteroatoms. The maximum atomic E-state index is 12.3. The molecule has 1 aliphatic heterocycles. The van der Waals surface area contributed by atoms with Gasteiger partial charge in [-0.2, -0.15) is 0 Å². The molecule has 4 amide bonds. The van der Waals surface area contributed by atoms with Crippen LogP contribution in [0.15, 0.2) is 53.5 Å². The second-order valence-electron chi connectivity index (χ2n) is 8.37. The van der Waals surface area contributed by atoms with Crippen molar-refractivity contribution in [2.24, 2.45) is 4.99 Å². The highest BCUT2D eigenvalue weighted by Gasteiger charge is 2.31. The highest BCUT2D eigenvalue weighted by molar-refractivity contribution is 6.00. The number of alkyl carbamates (subject to hydrolysis) is 1. The zero-order valence-corrected chi connectivity index (χ0v) is 21.1. The Bertz CT molecular complexity index is 1340. The van der Waals surface area contributed by atoms with Gasteiger partial charge < -0.3 is 30.1 Å². The summed E-state index contributed by atoms with van der Waals surface area (Å²) in [7, 11) is 0. The number of nitrogens with one attached hydrogen (secondary N) is 3. The second-order valence-corrected chi connectivity index (χ2v) is 8.37. The number of carbonyl (C=O) groups is 4. The van der Waals surface area contributed by atoms with Gasteiger partial charge in [-0.15, -0.1) is 4.99 Å². The summed E-state index contributed by atoms with van der Waals surface area (Å²) < 4.78 is 10.0. The molecule has 0 saturated carbocycles. The minimum atomic E-state index is -1.18. The van der Waals surface area contributed by atoms with E-state index in [0.717, 1.165) is 4.90 Å². The predicted octanol–water partition coefficient (Wildman–Crippen LogP) is 1.49.